The van der Waals surface area contributed by atoms with Crippen molar-refractivity contribution < 1.29 is 19.1 Å². The van der Waals surface area contributed by atoms with Crippen molar-refractivity contribution in [3.05, 3.63) is 34.3 Å². The third-order valence-corrected chi connectivity index (χ3v) is 4.32. The molecule has 2 aromatic rings. The first-order valence-electron chi connectivity index (χ1n) is 8.15. The smallest absolute Gasteiger partial charge is 0.408 e. The predicted molar refractivity (Wildman–Crippen MR) is 87.8 cm³/mol. The highest BCUT2D eigenvalue weighted by molar-refractivity contribution is 5.77. The van der Waals surface area contributed by atoms with Gasteiger partial charge >= 0.3 is 5.76 Å². The molecule has 1 aromatic heterocycles. The lowest BCUT2D eigenvalue weighted by Crippen LogP contribution is -2.37. The molecule has 2 heterocycles. The summed E-state index contributed by atoms with van der Waals surface area (Å²) in [4.78, 5) is 26.2. The summed E-state index contributed by atoms with van der Waals surface area (Å²) >= 11 is 0. The van der Waals surface area contributed by atoms with E-state index in [0.29, 0.717) is 37.4 Å². The van der Waals surface area contributed by atoms with Gasteiger partial charge in [-0.1, -0.05) is 6.07 Å². The lowest BCUT2D eigenvalue weighted by Gasteiger charge is -2.22. The Morgan fingerprint density at radius 1 is 1.42 bits per heavy atom. The second kappa shape index (κ2) is 7.19. The SMILES string of the molecule is Cc1ccc2oc(=O)n(CCC(=O)N3CCOC[C@H](CO)C3)c2c1. The van der Waals surface area contributed by atoms with E-state index in [1.807, 2.05) is 19.1 Å². The highest BCUT2D eigenvalue weighted by Crippen LogP contribution is 2.15. The minimum absolute atomic E-state index is 0.00508. The fourth-order valence-electron chi connectivity index (χ4n) is 2.97. The van der Waals surface area contributed by atoms with Crippen LogP contribution in [0.25, 0.3) is 11.1 Å². The molecule has 3 rings (SSSR count). The van der Waals surface area contributed by atoms with Crippen LogP contribution in [-0.4, -0.2) is 53.4 Å². The van der Waals surface area contributed by atoms with Crippen molar-refractivity contribution in [2.45, 2.75) is 19.9 Å². The Morgan fingerprint density at radius 3 is 3.04 bits per heavy atom. The Morgan fingerprint density at radius 2 is 2.25 bits per heavy atom. The summed E-state index contributed by atoms with van der Waals surface area (Å²) in [6.07, 6.45) is 0.209. The minimum Gasteiger partial charge on any atom is -0.408 e. The summed E-state index contributed by atoms with van der Waals surface area (Å²) in [6, 6.07) is 5.53. The van der Waals surface area contributed by atoms with E-state index < -0.39 is 5.76 Å². The topological polar surface area (TPSA) is 84.9 Å². The number of aromatic nitrogens is 1. The van der Waals surface area contributed by atoms with Crippen molar-refractivity contribution in [1.82, 2.24) is 9.47 Å². The van der Waals surface area contributed by atoms with Gasteiger partial charge in [0.1, 0.15) is 0 Å². The largest absolute Gasteiger partial charge is 0.419 e. The molecule has 1 aromatic carbocycles. The highest BCUT2D eigenvalue weighted by atomic mass is 16.5. The third-order valence-electron chi connectivity index (χ3n) is 4.32. The summed E-state index contributed by atoms with van der Waals surface area (Å²) in [7, 11) is 0. The number of aliphatic hydroxyl groups is 1. The maximum absolute atomic E-state index is 12.5. The van der Waals surface area contributed by atoms with E-state index in [-0.39, 0.29) is 31.4 Å². The van der Waals surface area contributed by atoms with E-state index in [4.69, 9.17) is 9.15 Å². The molecule has 1 atom stereocenters. The maximum atomic E-state index is 12.5. The molecule has 0 aliphatic carbocycles. The number of benzene rings is 1. The fraction of sp³-hybridized carbons (Fsp3) is 0.529. The molecule has 7 heteroatoms. The number of hydrogen-bond donors (Lipinski definition) is 1. The van der Waals surface area contributed by atoms with Crippen molar-refractivity contribution in [1.29, 1.82) is 0 Å². The minimum atomic E-state index is -0.448. The number of carbonyl (C=O) groups is 1. The van der Waals surface area contributed by atoms with Crippen LogP contribution < -0.4 is 5.76 Å². The molecule has 1 N–H and O–H groups in total. The number of ether oxygens (including phenoxy) is 1. The van der Waals surface area contributed by atoms with E-state index >= 15 is 0 Å². The van der Waals surface area contributed by atoms with E-state index in [1.165, 1.54) is 4.57 Å². The monoisotopic (exact) mass is 334 g/mol. The van der Waals surface area contributed by atoms with Gasteiger partial charge in [-0.15, -0.1) is 0 Å². The molecular formula is C17H22N2O5. The van der Waals surface area contributed by atoms with Gasteiger partial charge in [-0.05, 0) is 24.6 Å². The zero-order valence-electron chi connectivity index (χ0n) is 13.7. The standard InChI is InChI=1S/C17H22N2O5/c1-12-2-3-15-14(8-12)19(17(22)24-15)5-4-16(21)18-6-7-23-11-13(9-18)10-20/h2-3,8,13,20H,4-7,9-11H2,1H3/t13-/m0/s1. The molecule has 130 valence electrons. The van der Waals surface area contributed by atoms with Crippen molar-refractivity contribution in [3.8, 4) is 0 Å². The summed E-state index contributed by atoms with van der Waals surface area (Å²) in [5.41, 5.74) is 2.26. The van der Waals surface area contributed by atoms with Gasteiger partial charge in [0.25, 0.3) is 0 Å². The molecule has 0 radical (unpaired) electrons. The maximum Gasteiger partial charge on any atom is 0.419 e. The molecule has 0 saturated carbocycles. The van der Waals surface area contributed by atoms with Crippen LogP contribution in [0.5, 0.6) is 0 Å². The molecule has 0 bridgehead atoms. The van der Waals surface area contributed by atoms with Crippen LogP contribution in [-0.2, 0) is 16.1 Å². The number of fused-ring (bicyclic) bond motifs is 1. The van der Waals surface area contributed by atoms with Gasteiger partial charge in [0, 0.05) is 38.6 Å². The Kier molecular flexibility index (Phi) is 5.01. The first kappa shape index (κ1) is 16.7. The number of aryl methyl sites for hydroxylation is 2. The predicted octanol–water partition coefficient (Wildman–Crippen LogP) is 0.760. The van der Waals surface area contributed by atoms with Crippen LogP contribution in [0, 0.1) is 12.8 Å². The molecule has 7 nitrogen and oxygen atoms in total. The number of amides is 1. The third kappa shape index (κ3) is 3.52. The molecule has 24 heavy (non-hydrogen) atoms. The van der Waals surface area contributed by atoms with Crippen LogP contribution in [0.1, 0.15) is 12.0 Å². The normalized spacial score (nSPS) is 18.8. The highest BCUT2D eigenvalue weighted by Gasteiger charge is 2.22. The number of nitrogens with zero attached hydrogens (tertiary/aromatic N) is 2. The average Bonchev–Trinajstić information content (AvgIpc) is 2.75. The van der Waals surface area contributed by atoms with Gasteiger partial charge in [-0.25, -0.2) is 4.79 Å². The molecule has 1 aliphatic rings. The lowest BCUT2D eigenvalue weighted by molar-refractivity contribution is -0.131. The molecule has 0 spiro atoms. The Hall–Kier alpha value is -2.12. The van der Waals surface area contributed by atoms with Crippen LogP contribution in [0.3, 0.4) is 0 Å². The van der Waals surface area contributed by atoms with E-state index in [0.717, 1.165) is 5.56 Å². The quantitative estimate of drug-likeness (QED) is 0.892. The van der Waals surface area contributed by atoms with Gasteiger partial charge in [0.2, 0.25) is 5.91 Å². The number of rotatable bonds is 4. The van der Waals surface area contributed by atoms with Crippen molar-refractivity contribution in [3.63, 3.8) is 0 Å². The summed E-state index contributed by atoms with van der Waals surface area (Å²) in [5, 5.41) is 9.30. The first-order chi connectivity index (χ1) is 11.6. The van der Waals surface area contributed by atoms with Crippen LogP contribution in [0.15, 0.2) is 27.4 Å². The second-order valence-corrected chi connectivity index (χ2v) is 6.20. The van der Waals surface area contributed by atoms with Gasteiger partial charge in [0.15, 0.2) is 5.58 Å². The molecular weight excluding hydrogens is 312 g/mol. The number of hydrogen-bond acceptors (Lipinski definition) is 5. The van der Waals surface area contributed by atoms with Crippen LogP contribution >= 0.6 is 0 Å². The first-order valence-corrected chi connectivity index (χ1v) is 8.15. The van der Waals surface area contributed by atoms with Crippen molar-refractivity contribution in [2.24, 2.45) is 5.92 Å². The second-order valence-electron chi connectivity index (χ2n) is 6.20. The Bertz CT molecular complexity index is 779. The Balaban J connectivity index is 1.71. The van der Waals surface area contributed by atoms with Gasteiger partial charge in [0.05, 0.1) is 18.7 Å². The van der Waals surface area contributed by atoms with Crippen LogP contribution in [0.2, 0.25) is 0 Å². The van der Waals surface area contributed by atoms with E-state index in [9.17, 15) is 14.7 Å². The lowest BCUT2D eigenvalue weighted by atomic mass is 10.1. The number of aliphatic hydroxyl groups excluding tert-OH is 1. The molecule has 0 unspecified atom stereocenters. The number of carbonyl (C=O) groups excluding carboxylic acids is 1. The molecule has 1 aliphatic heterocycles. The van der Waals surface area contributed by atoms with Gasteiger partial charge in [-0.2, -0.15) is 0 Å². The molecule has 1 saturated heterocycles. The summed E-state index contributed by atoms with van der Waals surface area (Å²) in [5.74, 6) is -0.555. The molecule has 1 fully saturated rings. The zero-order valence-corrected chi connectivity index (χ0v) is 13.7. The van der Waals surface area contributed by atoms with Crippen molar-refractivity contribution >= 4 is 17.0 Å². The van der Waals surface area contributed by atoms with Crippen LogP contribution in [0.4, 0.5) is 0 Å². The summed E-state index contributed by atoms with van der Waals surface area (Å²) < 4.78 is 12.1. The average molecular weight is 334 g/mol. The van der Waals surface area contributed by atoms with Gasteiger partial charge < -0.3 is 19.2 Å². The van der Waals surface area contributed by atoms with Gasteiger partial charge in [-0.3, -0.25) is 9.36 Å². The van der Waals surface area contributed by atoms with Crippen molar-refractivity contribution in [2.75, 3.05) is 32.9 Å². The van der Waals surface area contributed by atoms with E-state index in [2.05, 4.69) is 0 Å². The Labute approximate surface area is 139 Å². The summed E-state index contributed by atoms with van der Waals surface area (Å²) in [6.45, 7) is 4.13. The number of oxazole rings is 1. The molecule has 1 amide bonds. The zero-order chi connectivity index (χ0) is 17.1. The fourth-order valence-corrected chi connectivity index (χ4v) is 2.97. The van der Waals surface area contributed by atoms with E-state index in [1.54, 1.807) is 11.0 Å².